The summed E-state index contributed by atoms with van der Waals surface area (Å²) < 4.78 is 1.32. The van der Waals surface area contributed by atoms with Crippen LogP contribution in [0.2, 0.25) is 0 Å². The molecular weight excluding hydrogens is 350 g/mol. The fourth-order valence-electron chi connectivity index (χ4n) is 4.09. The lowest BCUT2D eigenvalue weighted by atomic mass is 9.90. The van der Waals surface area contributed by atoms with E-state index in [0.717, 1.165) is 42.5 Å². The molecule has 0 radical (unpaired) electrons. The monoisotopic (exact) mass is 370 g/mol. The quantitative estimate of drug-likeness (QED) is 0.320. The van der Waals surface area contributed by atoms with Crippen molar-refractivity contribution >= 4 is 33.4 Å². The molecular formula is C21H20N7+. The van der Waals surface area contributed by atoms with Gasteiger partial charge in [-0.1, -0.05) is 0 Å². The van der Waals surface area contributed by atoms with E-state index < -0.39 is 0 Å². The van der Waals surface area contributed by atoms with Crippen molar-refractivity contribution in [2.75, 3.05) is 13.1 Å². The summed E-state index contributed by atoms with van der Waals surface area (Å²) in [5.74, 6) is 1.09. The summed E-state index contributed by atoms with van der Waals surface area (Å²) in [5, 5.41) is 14.5. The Kier molecular flexibility index (Phi) is 3.92. The summed E-state index contributed by atoms with van der Waals surface area (Å²) in [6.45, 7) is 2.13. The molecule has 0 unspecified atom stereocenters. The first-order valence-corrected chi connectivity index (χ1v) is 9.46. The lowest BCUT2D eigenvalue weighted by molar-refractivity contribution is 0.462. The van der Waals surface area contributed by atoms with E-state index in [1.165, 1.54) is 15.6 Å². The van der Waals surface area contributed by atoms with Crippen molar-refractivity contribution in [2.45, 2.75) is 18.8 Å². The Morgan fingerprint density at radius 2 is 1.89 bits per heavy atom. The number of nitrogens with zero attached hydrogens (tertiary/aromatic N) is 3. The molecule has 1 fully saturated rings. The number of H-pyrrole nitrogens is 2. The van der Waals surface area contributed by atoms with Crippen LogP contribution < -0.4 is 10.0 Å². The molecule has 0 bridgehead atoms. The second-order valence-corrected chi connectivity index (χ2v) is 7.21. The van der Waals surface area contributed by atoms with E-state index >= 15 is 0 Å². The molecule has 0 saturated carbocycles. The van der Waals surface area contributed by atoms with Crippen molar-refractivity contribution in [1.82, 2.24) is 25.0 Å². The minimum atomic E-state index is 0.503. The van der Waals surface area contributed by atoms with E-state index in [2.05, 4.69) is 38.6 Å². The predicted octanol–water partition coefficient (Wildman–Crippen LogP) is 4.25. The van der Waals surface area contributed by atoms with Crippen molar-refractivity contribution in [2.24, 2.45) is 0 Å². The number of fused-ring (bicyclic) bond motifs is 2. The van der Waals surface area contributed by atoms with Gasteiger partial charge in [0.15, 0.2) is 5.69 Å². The molecule has 3 aromatic heterocycles. The van der Waals surface area contributed by atoms with E-state index in [1.54, 1.807) is 12.3 Å². The molecule has 28 heavy (non-hydrogen) atoms. The van der Waals surface area contributed by atoms with Gasteiger partial charge in [-0.15, -0.1) is 10.2 Å². The Morgan fingerprint density at radius 3 is 2.71 bits per heavy atom. The summed E-state index contributed by atoms with van der Waals surface area (Å²) in [7, 11) is 0. The van der Waals surface area contributed by atoms with Gasteiger partial charge in [-0.05, 0) is 60.6 Å². The van der Waals surface area contributed by atoms with Crippen molar-refractivity contribution in [1.29, 1.82) is 10.8 Å². The first-order valence-electron chi connectivity index (χ1n) is 9.46. The van der Waals surface area contributed by atoms with Crippen LogP contribution in [0.1, 0.15) is 29.9 Å². The Hall–Kier alpha value is -3.50. The summed E-state index contributed by atoms with van der Waals surface area (Å²) in [4.78, 5) is 10.9. The van der Waals surface area contributed by atoms with Crippen LogP contribution >= 0.6 is 0 Å². The molecule has 0 aliphatic carbocycles. The molecule has 0 atom stereocenters. The average Bonchev–Trinajstić information content (AvgIpc) is 3.36. The predicted molar refractivity (Wildman–Crippen MR) is 108 cm³/mol. The molecule has 0 amide bonds. The maximum atomic E-state index is 9.13. The van der Waals surface area contributed by atoms with Gasteiger partial charge in [-0.3, -0.25) is 0 Å². The molecule has 1 aliphatic rings. The number of piperidine rings is 1. The number of aromatic amines is 2. The molecule has 138 valence electrons. The zero-order valence-corrected chi connectivity index (χ0v) is 15.3. The summed E-state index contributed by atoms with van der Waals surface area (Å²) in [5.41, 5.74) is 12.8. The molecule has 7 nitrogen and oxygen atoms in total. The highest BCUT2D eigenvalue weighted by Crippen LogP contribution is 2.33. The molecule has 5 rings (SSSR count). The van der Waals surface area contributed by atoms with Crippen LogP contribution in [0.15, 0.2) is 42.7 Å². The molecule has 4 aromatic rings. The number of aromatic nitrogens is 3. The second-order valence-electron chi connectivity index (χ2n) is 7.21. The van der Waals surface area contributed by atoms with Crippen LogP contribution in [0.4, 0.5) is 11.5 Å². The van der Waals surface area contributed by atoms with Crippen LogP contribution in [-0.4, -0.2) is 28.0 Å². The highest BCUT2D eigenvalue weighted by atomic mass is 15.2. The van der Waals surface area contributed by atoms with E-state index in [0.29, 0.717) is 22.9 Å². The topological polar surface area (TPSA) is 107 Å². The lowest BCUT2D eigenvalue weighted by Crippen LogP contribution is -2.26. The number of hydrogen-bond acceptors (Lipinski definition) is 4. The number of rotatable bonds is 3. The third-order valence-corrected chi connectivity index (χ3v) is 5.61. The van der Waals surface area contributed by atoms with Gasteiger partial charge < -0.3 is 15.3 Å². The van der Waals surface area contributed by atoms with E-state index in [9.17, 15) is 0 Å². The fourth-order valence-corrected chi connectivity index (χ4v) is 4.09. The Balaban J connectivity index is 1.49. The van der Waals surface area contributed by atoms with Gasteiger partial charge in [0.2, 0.25) is 0 Å². The zero-order valence-electron chi connectivity index (χ0n) is 15.3. The van der Waals surface area contributed by atoms with Gasteiger partial charge in [0.1, 0.15) is 6.07 Å². The van der Waals surface area contributed by atoms with Crippen molar-refractivity contribution in [3.63, 3.8) is 0 Å². The Labute approximate surface area is 161 Å². The largest absolute Gasteiger partial charge is 0.361 e. The molecule has 1 aromatic carbocycles. The number of hydrogen-bond donors (Lipinski definition) is 4. The second kappa shape index (κ2) is 6.59. The summed E-state index contributed by atoms with van der Waals surface area (Å²) in [6.07, 6.45) is 6.07. The molecule has 0 spiro atoms. The number of pyridine rings is 1. The zero-order chi connectivity index (χ0) is 19.1. The van der Waals surface area contributed by atoms with Crippen LogP contribution in [0.25, 0.3) is 21.9 Å². The van der Waals surface area contributed by atoms with Crippen molar-refractivity contribution in [3.05, 3.63) is 53.9 Å². The normalized spacial score (nSPS) is 15.1. The third kappa shape index (κ3) is 2.66. The summed E-state index contributed by atoms with van der Waals surface area (Å²) >= 11 is 0. The smallest absolute Gasteiger partial charge is 0.350 e. The van der Waals surface area contributed by atoms with Crippen molar-refractivity contribution in [3.8, 4) is 6.07 Å². The van der Waals surface area contributed by atoms with Crippen LogP contribution in [0, 0.1) is 16.9 Å². The van der Waals surface area contributed by atoms with Gasteiger partial charge in [0.05, 0.1) is 10.9 Å². The van der Waals surface area contributed by atoms with Crippen LogP contribution in [0.3, 0.4) is 0 Å². The van der Waals surface area contributed by atoms with Gasteiger partial charge in [-0.2, -0.15) is 5.26 Å². The van der Waals surface area contributed by atoms with Crippen LogP contribution in [0.5, 0.6) is 0 Å². The van der Waals surface area contributed by atoms with E-state index in [1.807, 2.05) is 18.2 Å². The highest BCUT2D eigenvalue weighted by molar-refractivity contribution is 5.87. The fraction of sp³-hybridized carbons (Fsp3) is 0.238. The van der Waals surface area contributed by atoms with Gasteiger partial charge in [0.25, 0.3) is 5.65 Å². The molecule has 4 heterocycles. The van der Waals surface area contributed by atoms with E-state index in [-0.39, 0.29) is 0 Å². The molecule has 4 N–H and O–H groups in total. The third-order valence-electron chi connectivity index (χ3n) is 5.61. The lowest BCUT2D eigenvalue weighted by Gasteiger charge is -2.22. The van der Waals surface area contributed by atoms with Crippen molar-refractivity contribution < 1.29 is 0 Å². The minimum Gasteiger partial charge on any atom is -0.361 e. The SMILES string of the molecule is N#Cc1c[nH]c2nc([N+](=N)c3ccc4c(C5CCNCC5)c[nH]c4c3)ccc12. The van der Waals surface area contributed by atoms with E-state index in [4.69, 9.17) is 10.8 Å². The Morgan fingerprint density at radius 1 is 1.07 bits per heavy atom. The number of benzene rings is 1. The highest BCUT2D eigenvalue weighted by Gasteiger charge is 2.21. The standard InChI is InChI=1S/C21H20N7/c22-10-14-11-26-21-16(14)3-4-20(27-21)28(23)15-1-2-17-18(12-25-19(17)9-15)13-5-7-24-8-6-13/h1-4,9,11-13,23-25H,5-8H2,(H,26,27)/q+1. The maximum absolute atomic E-state index is 9.13. The van der Waals surface area contributed by atoms with Crippen LogP contribution in [-0.2, 0) is 0 Å². The molecule has 1 aliphatic heterocycles. The maximum Gasteiger partial charge on any atom is 0.350 e. The number of nitriles is 1. The van der Waals surface area contributed by atoms with Gasteiger partial charge in [-0.25, -0.2) is 0 Å². The Bertz CT molecular complexity index is 1230. The van der Waals surface area contributed by atoms with Gasteiger partial charge >= 0.3 is 5.82 Å². The summed E-state index contributed by atoms with van der Waals surface area (Å²) in [6, 6.07) is 11.8. The minimum absolute atomic E-state index is 0.503. The molecule has 7 heteroatoms. The number of nitrogens with one attached hydrogen (secondary N) is 4. The first-order chi connectivity index (χ1) is 13.7. The average molecular weight is 370 g/mol. The first kappa shape index (κ1) is 16.7. The molecule has 1 saturated heterocycles. The van der Waals surface area contributed by atoms with Gasteiger partial charge in [0, 0.05) is 35.4 Å².